The molecule has 0 unspecified atom stereocenters. The lowest BCUT2D eigenvalue weighted by Crippen LogP contribution is -2.46. The summed E-state index contributed by atoms with van der Waals surface area (Å²) in [5.74, 6) is 0.241. The quantitative estimate of drug-likeness (QED) is 0.615. The Balaban J connectivity index is 2.81. The first-order chi connectivity index (χ1) is 4.96. The van der Waals surface area contributed by atoms with Crippen LogP contribution in [0.1, 0.15) is 19.8 Å². The van der Waals surface area contributed by atoms with E-state index in [9.17, 15) is 4.79 Å². The van der Waals surface area contributed by atoms with Crippen molar-refractivity contribution in [2.24, 2.45) is 0 Å². The minimum absolute atomic E-state index is 0.0284. The highest BCUT2D eigenvalue weighted by Gasteiger charge is 2.43. The lowest BCUT2D eigenvalue weighted by molar-refractivity contribution is -0.121. The summed E-state index contributed by atoms with van der Waals surface area (Å²) in [7, 11) is 0. The molecule has 0 aromatic heterocycles. The van der Waals surface area contributed by atoms with Crippen molar-refractivity contribution in [1.29, 1.82) is 0 Å². The summed E-state index contributed by atoms with van der Waals surface area (Å²) < 4.78 is -0.389. The van der Waals surface area contributed by atoms with Crippen LogP contribution in [-0.2, 0) is 4.79 Å². The van der Waals surface area contributed by atoms with Gasteiger partial charge in [-0.2, -0.15) is 0 Å². The van der Waals surface area contributed by atoms with Crippen LogP contribution < -0.4 is 0 Å². The van der Waals surface area contributed by atoms with Crippen LogP contribution in [0.3, 0.4) is 0 Å². The van der Waals surface area contributed by atoms with Gasteiger partial charge in [-0.05, 0) is 19.8 Å². The highest BCUT2D eigenvalue weighted by Crippen LogP contribution is 2.39. The first kappa shape index (κ1) is 10.2. The molecule has 0 bridgehead atoms. The number of Topliss-reactive ketones (excluding diaryl/α,β-unsaturated/α-hetero) is 1. The molecule has 64 valence electrons. The molecule has 0 amide bonds. The van der Waals surface area contributed by atoms with Crippen molar-refractivity contribution in [2.75, 3.05) is 0 Å². The maximum atomic E-state index is 11.5. The SMILES string of the molecule is C[C@]1(Br)C(=O)[C@H](Br)CC[C@@H]1Br. The van der Waals surface area contributed by atoms with Crippen LogP contribution >= 0.6 is 47.8 Å². The number of hydrogen-bond donors (Lipinski definition) is 0. The fourth-order valence-electron chi connectivity index (χ4n) is 1.16. The molecule has 1 aliphatic rings. The van der Waals surface area contributed by atoms with Crippen molar-refractivity contribution < 1.29 is 4.79 Å². The van der Waals surface area contributed by atoms with Gasteiger partial charge in [-0.3, -0.25) is 4.79 Å². The van der Waals surface area contributed by atoms with E-state index < -0.39 is 0 Å². The Kier molecular flexibility index (Phi) is 3.21. The van der Waals surface area contributed by atoms with E-state index in [1.807, 2.05) is 6.92 Å². The number of hydrogen-bond acceptors (Lipinski definition) is 1. The zero-order chi connectivity index (χ0) is 8.65. The number of carbonyl (C=O) groups is 1. The van der Waals surface area contributed by atoms with E-state index in [0.29, 0.717) is 0 Å². The predicted molar refractivity (Wildman–Crippen MR) is 57.0 cm³/mol. The van der Waals surface area contributed by atoms with Crippen molar-refractivity contribution in [1.82, 2.24) is 0 Å². The zero-order valence-electron chi connectivity index (χ0n) is 6.11. The summed E-state index contributed by atoms with van der Waals surface area (Å²) in [5, 5.41) is 0. The first-order valence-corrected chi connectivity index (χ1v) is 6.10. The van der Waals surface area contributed by atoms with Gasteiger partial charge < -0.3 is 0 Å². The van der Waals surface area contributed by atoms with E-state index >= 15 is 0 Å². The molecule has 0 heterocycles. The van der Waals surface area contributed by atoms with E-state index in [1.165, 1.54) is 0 Å². The molecular weight excluding hydrogens is 340 g/mol. The van der Waals surface area contributed by atoms with Crippen LogP contribution in [0.4, 0.5) is 0 Å². The smallest absolute Gasteiger partial charge is 0.163 e. The predicted octanol–water partition coefficient (Wildman–Crippen LogP) is 3.03. The van der Waals surface area contributed by atoms with Gasteiger partial charge in [0.1, 0.15) is 0 Å². The van der Waals surface area contributed by atoms with Gasteiger partial charge in [-0.25, -0.2) is 0 Å². The van der Waals surface area contributed by atoms with Gasteiger partial charge >= 0.3 is 0 Å². The summed E-state index contributed by atoms with van der Waals surface area (Å²) in [6.07, 6.45) is 1.96. The standard InChI is InChI=1S/C7H9Br3O/c1-7(10)5(9)3-2-4(8)6(7)11/h4-5H,2-3H2,1H3/t4-,5+,7-/m1/s1. The van der Waals surface area contributed by atoms with E-state index in [-0.39, 0.29) is 19.8 Å². The maximum Gasteiger partial charge on any atom is 0.163 e. The zero-order valence-corrected chi connectivity index (χ0v) is 10.9. The summed E-state index contributed by atoms with van der Waals surface area (Å²) in [4.78, 5) is 11.8. The molecule has 3 atom stereocenters. The Morgan fingerprint density at radius 2 is 2.00 bits per heavy atom. The summed E-state index contributed by atoms with van der Waals surface area (Å²) in [5.41, 5.74) is 0. The Morgan fingerprint density at radius 1 is 1.45 bits per heavy atom. The van der Waals surface area contributed by atoms with Gasteiger partial charge in [0.25, 0.3) is 0 Å². The van der Waals surface area contributed by atoms with Gasteiger partial charge in [0.2, 0.25) is 0 Å². The van der Waals surface area contributed by atoms with Crippen molar-refractivity contribution in [3.05, 3.63) is 0 Å². The van der Waals surface area contributed by atoms with E-state index in [4.69, 9.17) is 0 Å². The second kappa shape index (κ2) is 3.46. The fraction of sp³-hybridized carbons (Fsp3) is 0.857. The van der Waals surface area contributed by atoms with Crippen LogP contribution in [-0.4, -0.2) is 19.8 Å². The topological polar surface area (TPSA) is 17.1 Å². The third-order valence-corrected chi connectivity index (χ3v) is 5.83. The molecule has 1 aliphatic carbocycles. The minimum Gasteiger partial charge on any atom is -0.297 e. The van der Waals surface area contributed by atoms with Crippen molar-refractivity contribution in [3.8, 4) is 0 Å². The van der Waals surface area contributed by atoms with Gasteiger partial charge in [-0.15, -0.1) is 0 Å². The highest BCUT2D eigenvalue weighted by atomic mass is 79.9. The molecule has 0 N–H and O–H groups in total. The molecule has 1 saturated carbocycles. The van der Waals surface area contributed by atoms with Crippen molar-refractivity contribution >= 4 is 53.6 Å². The number of rotatable bonds is 0. The molecule has 0 spiro atoms. The number of halogens is 3. The van der Waals surface area contributed by atoms with Crippen molar-refractivity contribution in [3.63, 3.8) is 0 Å². The van der Waals surface area contributed by atoms with Gasteiger partial charge in [0, 0.05) is 4.83 Å². The second-order valence-electron chi connectivity index (χ2n) is 2.95. The molecule has 0 aromatic rings. The molecule has 1 nitrogen and oxygen atoms in total. The van der Waals surface area contributed by atoms with Crippen LogP contribution in [0.25, 0.3) is 0 Å². The first-order valence-electron chi connectivity index (χ1n) is 3.47. The third kappa shape index (κ3) is 1.89. The fourth-order valence-corrected chi connectivity index (χ4v) is 3.20. The number of ketones is 1. The summed E-state index contributed by atoms with van der Waals surface area (Å²) >= 11 is 10.3. The Hall–Kier alpha value is 1.11. The normalized spacial score (nSPS) is 46.0. The molecular formula is C7H9Br3O. The maximum absolute atomic E-state index is 11.5. The largest absolute Gasteiger partial charge is 0.297 e. The number of carbonyl (C=O) groups excluding carboxylic acids is 1. The van der Waals surface area contributed by atoms with Crippen molar-refractivity contribution in [2.45, 2.75) is 33.7 Å². The molecule has 0 radical (unpaired) electrons. The minimum atomic E-state index is -0.389. The molecule has 0 aromatic carbocycles. The Bertz CT molecular complexity index is 179. The average Bonchev–Trinajstić information content (AvgIpc) is 1.95. The van der Waals surface area contributed by atoms with Crippen LogP contribution in [0.5, 0.6) is 0 Å². The third-order valence-electron chi connectivity index (χ3n) is 2.03. The lowest BCUT2D eigenvalue weighted by atomic mass is 9.89. The molecule has 11 heavy (non-hydrogen) atoms. The highest BCUT2D eigenvalue weighted by molar-refractivity contribution is 9.13. The summed E-state index contributed by atoms with van der Waals surface area (Å²) in [6, 6.07) is 0. The summed E-state index contributed by atoms with van der Waals surface area (Å²) in [6.45, 7) is 1.92. The van der Waals surface area contributed by atoms with Gasteiger partial charge in [0.05, 0.1) is 9.15 Å². The van der Waals surface area contributed by atoms with E-state index in [1.54, 1.807) is 0 Å². The molecule has 4 heteroatoms. The Labute approximate surface area is 91.7 Å². The van der Waals surface area contributed by atoms with E-state index in [0.717, 1.165) is 12.8 Å². The second-order valence-corrected chi connectivity index (χ2v) is 6.81. The van der Waals surface area contributed by atoms with E-state index in [2.05, 4.69) is 47.8 Å². The lowest BCUT2D eigenvalue weighted by Gasteiger charge is -2.34. The molecule has 0 aliphatic heterocycles. The average molecular weight is 349 g/mol. The molecule has 0 saturated heterocycles. The van der Waals surface area contributed by atoms with Gasteiger partial charge in [0.15, 0.2) is 5.78 Å². The van der Waals surface area contributed by atoms with Crippen LogP contribution in [0.15, 0.2) is 0 Å². The molecule has 1 fully saturated rings. The molecule has 1 rings (SSSR count). The number of alkyl halides is 3. The van der Waals surface area contributed by atoms with Crippen LogP contribution in [0, 0.1) is 0 Å². The van der Waals surface area contributed by atoms with Gasteiger partial charge in [-0.1, -0.05) is 47.8 Å². The monoisotopic (exact) mass is 346 g/mol. The van der Waals surface area contributed by atoms with Crippen LogP contribution in [0.2, 0.25) is 0 Å². The Morgan fingerprint density at radius 3 is 2.45 bits per heavy atom.